The highest BCUT2D eigenvalue weighted by Gasteiger charge is 2.15. The van der Waals surface area contributed by atoms with E-state index in [1.54, 1.807) is 24.5 Å². The SMILES string of the molecule is O=C(c1ccc(Cl)c2cc3ccccc3nc12)n1ccnc1. The lowest BCUT2D eigenvalue weighted by Crippen LogP contribution is -2.10. The summed E-state index contributed by atoms with van der Waals surface area (Å²) in [6, 6.07) is 13.2. The molecule has 2 heterocycles. The Balaban J connectivity index is 2.05. The first-order chi connectivity index (χ1) is 10.7. The van der Waals surface area contributed by atoms with E-state index >= 15 is 0 Å². The molecule has 0 saturated carbocycles. The van der Waals surface area contributed by atoms with E-state index in [4.69, 9.17) is 11.6 Å². The number of fused-ring (bicyclic) bond motifs is 2. The smallest absolute Gasteiger partial charge is 0.265 e. The van der Waals surface area contributed by atoms with E-state index < -0.39 is 0 Å². The van der Waals surface area contributed by atoms with E-state index in [1.165, 1.54) is 10.9 Å². The molecule has 4 nitrogen and oxygen atoms in total. The Morgan fingerprint density at radius 3 is 2.82 bits per heavy atom. The van der Waals surface area contributed by atoms with Crippen LogP contribution in [0.15, 0.2) is 61.2 Å². The van der Waals surface area contributed by atoms with Crippen LogP contribution in [0.25, 0.3) is 21.8 Å². The van der Waals surface area contributed by atoms with Gasteiger partial charge in [0.1, 0.15) is 6.33 Å². The predicted octanol–water partition coefficient (Wildman–Crippen LogP) is 3.93. The summed E-state index contributed by atoms with van der Waals surface area (Å²) in [6.45, 7) is 0. The molecule has 0 aliphatic rings. The van der Waals surface area contributed by atoms with Gasteiger partial charge in [-0.05, 0) is 24.3 Å². The average Bonchev–Trinajstić information content (AvgIpc) is 3.08. The van der Waals surface area contributed by atoms with Crippen molar-refractivity contribution in [2.45, 2.75) is 0 Å². The van der Waals surface area contributed by atoms with Gasteiger partial charge in [-0.3, -0.25) is 9.36 Å². The number of benzene rings is 2. The van der Waals surface area contributed by atoms with E-state index in [0.29, 0.717) is 16.1 Å². The fourth-order valence-corrected chi connectivity index (χ4v) is 2.73. The zero-order valence-corrected chi connectivity index (χ0v) is 12.2. The zero-order valence-electron chi connectivity index (χ0n) is 11.4. The van der Waals surface area contributed by atoms with Gasteiger partial charge in [0.25, 0.3) is 5.91 Å². The summed E-state index contributed by atoms with van der Waals surface area (Å²) in [5, 5.41) is 2.34. The van der Waals surface area contributed by atoms with E-state index in [0.717, 1.165) is 16.3 Å². The minimum atomic E-state index is -0.179. The highest BCUT2D eigenvalue weighted by molar-refractivity contribution is 6.36. The molecular formula is C17H10ClN3O. The van der Waals surface area contributed by atoms with Crippen molar-refractivity contribution in [3.63, 3.8) is 0 Å². The van der Waals surface area contributed by atoms with Gasteiger partial charge in [-0.1, -0.05) is 29.8 Å². The minimum absolute atomic E-state index is 0.179. The third kappa shape index (κ3) is 1.96. The molecule has 5 heteroatoms. The number of imidazole rings is 1. The van der Waals surface area contributed by atoms with Crippen LogP contribution in [0.5, 0.6) is 0 Å². The number of hydrogen-bond acceptors (Lipinski definition) is 3. The van der Waals surface area contributed by atoms with Crippen LogP contribution >= 0.6 is 11.6 Å². The number of hydrogen-bond donors (Lipinski definition) is 0. The standard InChI is InChI=1S/C17H10ClN3O/c18-14-6-5-12(17(22)21-8-7-19-10-21)16-13(14)9-11-3-1-2-4-15(11)20-16/h1-10H. The maximum absolute atomic E-state index is 12.6. The van der Waals surface area contributed by atoms with Gasteiger partial charge >= 0.3 is 0 Å². The summed E-state index contributed by atoms with van der Waals surface area (Å²) in [5.74, 6) is -0.179. The van der Waals surface area contributed by atoms with Gasteiger partial charge in [0.2, 0.25) is 0 Å². The Hall–Kier alpha value is -2.72. The van der Waals surface area contributed by atoms with Crippen LogP contribution in [-0.4, -0.2) is 20.4 Å². The van der Waals surface area contributed by atoms with Gasteiger partial charge < -0.3 is 0 Å². The summed E-state index contributed by atoms with van der Waals surface area (Å²) in [6.07, 6.45) is 4.66. The second kappa shape index (κ2) is 4.93. The molecule has 0 aliphatic carbocycles. The van der Waals surface area contributed by atoms with Crippen molar-refractivity contribution in [3.8, 4) is 0 Å². The first kappa shape index (κ1) is 13.0. The lowest BCUT2D eigenvalue weighted by Gasteiger charge is -2.08. The molecule has 0 atom stereocenters. The second-order valence-corrected chi connectivity index (χ2v) is 5.35. The second-order valence-electron chi connectivity index (χ2n) is 4.95. The molecule has 0 saturated heterocycles. The van der Waals surface area contributed by atoms with E-state index in [9.17, 15) is 4.79 Å². The summed E-state index contributed by atoms with van der Waals surface area (Å²) >= 11 is 6.29. The van der Waals surface area contributed by atoms with Gasteiger partial charge in [0.05, 0.1) is 21.6 Å². The molecule has 0 aliphatic heterocycles. The number of nitrogens with zero attached hydrogens (tertiary/aromatic N) is 3. The topological polar surface area (TPSA) is 47.8 Å². The zero-order chi connectivity index (χ0) is 15.1. The summed E-state index contributed by atoms with van der Waals surface area (Å²) in [4.78, 5) is 21.2. The molecule has 106 valence electrons. The Kier molecular flexibility index (Phi) is 2.91. The Bertz CT molecular complexity index is 1010. The molecule has 22 heavy (non-hydrogen) atoms. The summed E-state index contributed by atoms with van der Waals surface area (Å²) in [5.41, 5.74) is 1.94. The van der Waals surface area contributed by atoms with Gasteiger partial charge in [0.15, 0.2) is 0 Å². The van der Waals surface area contributed by atoms with Crippen LogP contribution in [0.2, 0.25) is 5.02 Å². The van der Waals surface area contributed by atoms with Crippen LogP contribution in [-0.2, 0) is 0 Å². The highest BCUT2D eigenvalue weighted by Crippen LogP contribution is 2.29. The minimum Gasteiger partial charge on any atom is -0.272 e. The Morgan fingerprint density at radius 1 is 1.14 bits per heavy atom. The lowest BCUT2D eigenvalue weighted by molar-refractivity contribution is 0.0961. The quantitative estimate of drug-likeness (QED) is 0.501. The molecule has 2 aromatic heterocycles. The monoisotopic (exact) mass is 307 g/mol. The van der Waals surface area contributed by atoms with Gasteiger partial charge in [-0.15, -0.1) is 0 Å². The lowest BCUT2D eigenvalue weighted by atomic mass is 10.1. The van der Waals surface area contributed by atoms with Crippen molar-refractivity contribution in [3.05, 3.63) is 71.8 Å². The number of para-hydroxylation sites is 1. The molecule has 0 N–H and O–H groups in total. The van der Waals surface area contributed by atoms with E-state index in [-0.39, 0.29) is 5.91 Å². The van der Waals surface area contributed by atoms with Gasteiger partial charge in [-0.25, -0.2) is 9.97 Å². The molecule has 0 unspecified atom stereocenters. The Labute approximate surface area is 131 Å². The Morgan fingerprint density at radius 2 is 2.00 bits per heavy atom. The number of aromatic nitrogens is 3. The molecule has 0 spiro atoms. The van der Waals surface area contributed by atoms with E-state index in [2.05, 4.69) is 9.97 Å². The first-order valence-corrected chi connectivity index (χ1v) is 7.12. The largest absolute Gasteiger partial charge is 0.272 e. The number of rotatable bonds is 1. The highest BCUT2D eigenvalue weighted by atomic mass is 35.5. The van der Waals surface area contributed by atoms with Crippen LogP contribution in [0.3, 0.4) is 0 Å². The number of carbonyl (C=O) groups excluding carboxylic acids is 1. The first-order valence-electron chi connectivity index (χ1n) is 6.75. The summed E-state index contributed by atoms with van der Waals surface area (Å²) in [7, 11) is 0. The third-order valence-corrected chi connectivity index (χ3v) is 3.93. The molecule has 0 amide bonds. The van der Waals surface area contributed by atoms with Gasteiger partial charge in [0, 0.05) is 23.2 Å². The number of pyridine rings is 1. The number of carbonyl (C=O) groups is 1. The molecular weight excluding hydrogens is 298 g/mol. The predicted molar refractivity (Wildman–Crippen MR) is 86.2 cm³/mol. The van der Waals surface area contributed by atoms with Crippen molar-refractivity contribution in [1.82, 2.24) is 14.5 Å². The van der Waals surface area contributed by atoms with Crippen molar-refractivity contribution in [1.29, 1.82) is 0 Å². The van der Waals surface area contributed by atoms with Crippen LogP contribution in [0.1, 0.15) is 10.4 Å². The molecule has 2 aromatic carbocycles. The maximum atomic E-state index is 12.6. The average molecular weight is 308 g/mol. The van der Waals surface area contributed by atoms with E-state index in [1.807, 2.05) is 30.3 Å². The van der Waals surface area contributed by atoms with Crippen LogP contribution in [0.4, 0.5) is 0 Å². The van der Waals surface area contributed by atoms with Crippen molar-refractivity contribution in [2.75, 3.05) is 0 Å². The third-order valence-electron chi connectivity index (χ3n) is 3.60. The fraction of sp³-hybridized carbons (Fsp3) is 0. The van der Waals surface area contributed by atoms with Crippen molar-refractivity contribution < 1.29 is 4.79 Å². The fourth-order valence-electron chi connectivity index (χ4n) is 2.52. The molecule has 4 rings (SSSR count). The van der Waals surface area contributed by atoms with Crippen LogP contribution in [0, 0.1) is 0 Å². The molecule has 4 aromatic rings. The molecule has 0 bridgehead atoms. The summed E-state index contributed by atoms with van der Waals surface area (Å²) < 4.78 is 1.43. The van der Waals surface area contributed by atoms with Gasteiger partial charge in [-0.2, -0.15) is 0 Å². The van der Waals surface area contributed by atoms with Crippen molar-refractivity contribution >= 4 is 39.3 Å². The number of halogens is 1. The van der Waals surface area contributed by atoms with Crippen molar-refractivity contribution in [2.24, 2.45) is 0 Å². The normalized spacial score (nSPS) is 11.1. The molecule has 0 radical (unpaired) electrons. The molecule has 0 fully saturated rings. The maximum Gasteiger partial charge on any atom is 0.265 e. The van der Waals surface area contributed by atoms with Crippen LogP contribution < -0.4 is 0 Å².